The Kier molecular flexibility index (Phi) is 6.62. The SMILES string of the molecule is CC(O)CCN(C)C(=O)COc1ccc(Cl)cc1Br. The molecule has 0 saturated heterocycles. The van der Waals surface area contributed by atoms with Gasteiger partial charge in [0.2, 0.25) is 0 Å². The first-order chi connectivity index (χ1) is 8.90. The molecule has 4 nitrogen and oxygen atoms in total. The van der Waals surface area contributed by atoms with E-state index >= 15 is 0 Å². The molecule has 1 rings (SSSR count). The number of aliphatic hydroxyl groups excluding tert-OH is 1. The third kappa shape index (κ3) is 5.80. The topological polar surface area (TPSA) is 49.8 Å². The van der Waals surface area contributed by atoms with Crippen LogP contribution < -0.4 is 4.74 Å². The molecule has 1 aromatic rings. The lowest BCUT2D eigenvalue weighted by Gasteiger charge is -2.18. The predicted molar refractivity (Wildman–Crippen MR) is 78.6 cm³/mol. The van der Waals surface area contributed by atoms with E-state index in [1.165, 1.54) is 4.90 Å². The lowest BCUT2D eigenvalue weighted by Crippen LogP contribution is -2.33. The molecular weight excluding hydrogens is 334 g/mol. The maximum Gasteiger partial charge on any atom is 0.260 e. The minimum atomic E-state index is -0.415. The van der Waals surface area contributed by atoms with Gasteiger partial charge in [-0.05, 0) is 47.5 Å². The van der Waals surface area contributed by atoms with Crippen molar-refractivity contribution in [2.45, 2.75) is 19.4 Å². The number of carbonyl (C=O) groups is 1. The zero-order valence-corrected chi connectivity index (χ0v) is 13.2. The minimum Gasteiger partial charge on any atom is -0.483 e. The summed E-state index contributed by atoms with van der Waals surface area (Å²) in [5.74, 6) is 0.434. The monoisotopic (exact) mass is 349 g/mol. The van der Waals surface area contributed by atoms with Crippen molar-refractivity contribution in [3.8, 4) is 5.75 Å². The molecule has 6 heteroatoms. The van der Waals surface area contributed by atoms with Gasteiger partial charge in [0, 0.05) is 18.6 Å². The predicted octanol–water partition coefficient (Wildman–Crippen LogP) is 2.71. The summed E-state index contributed by atoms with van der Waals surface area (Å²) < 4.78 is 6.13. The lowest BCUT2D eigenvalue weighted by molar-refractivity contribution is -0.132. The molecule has 0 bridgehead atoms. The Bertz CT molecular complexity index is 440. The van der Waals surface area contributed by atoms with Crippen LogP contribution in [-0.2, 0) is 4.79 Å². The van der Waals surface area contributed by atoms with Crippen molar-refractivity contribution in [3.63, 3.8) is 0 Å². The molecule has 0 aromatic heterocycles. The van der Waals surface area contributed by atoms with Crippen LogP contribution in [0.2, 0.25) is 5.02 Å². The van der Waals surface area contributed by atoms with Gasteiger partial charge < -0.3 is 14.7 Å². The maximum atomic E-state index is 11.8. The van der Waals surface area contributed by atoms with Gasteiger partial charge in [0.1, 0.15) is 5.75 Å². The van der Waals surface area contributed by atoms with Crippen LogP contribution in [0, 0.1) is 0 Å². The molecule has 0 aliphatic carbocycles. The van der Waals surface area contributed by atoms with E-state index in [9.17, 15) is 4.79 Å². The Morgan fingerprint density at radius 1 is 1.58 bits per heavy atom. The van der Waals surface area contributed by atoms with Crippen LogP contribution in [-0.4, -0.2) is 42.2 Å². The summed E-state index contributed by atoms with van der Waals surface area (Å²) in [4.78, 5) is 13.3. The number of nitrogens with zero attached hydrogens (tertiary/aromatic N) is 1. The zero-order chi connectivity index (χ0) is 14.4. The van der Waals surface area contributed by atoms with E-state index in [1.54, 1.807) is 32.2 Å². The second-order valence-electron chi connectivity index (χ2n) is 4.32. The van der Waals surface area contributed by atoms with Crippen molar-refractivity contribution in [3.05, 3.63) is 27.7 Å². The molecule has 1 unspecified atom stereocenters. The van der Waals surface area contributed by atoms with Crippen molar-refractivity contribution in [1.29, 1.82) is 0 Å². The number of likely N-dealkylation sites (N-methyl/N-ethyl adjacent to an activating group) is 1. The minimum absolute atomic E-state index is 0.0451. The number of halogens is 2. The van der Waals surface area contributed by atoms with Gasteiger partial charge in [0.05, 0.1) is 10.6 Å². The highest BCUT2D eigenvalue weighted by Gasteiger charge is 2.11. The van der Waals surface area contributed by atoms with E-state index in [4.69, 9.17) is 21.4 Å². The molecular formula is C13H17BrClNO3. The van der Waals surface area contributed by atoms with Crippen LogP contribution in [0.4, 0.5) is 0 Å². The fourth-order valence-corrected chi connectivity index (χ4v) is 2.14. The summed E-state index contributed by atoms with van der Waals surface area (Å²) in [6.07, 6.45) is 0.133. The van der Waals surface area contributed by atoms with E-state index in [0.717, 1.165) is 0 Å². The van der Waals surface area contributed by atoms with E-state index in [0.29, 0.717) is 28.2 Å². The molecule has 0 heterocycles. The summed E-state index contributed by atoms with van der Waals surface area (Å²) in [5, 5.41) is 9.76. The largest absolute Gasteiger partial charge is 0.483 e. The van der Waals surface area contributed by atoms with Gasteiger partial charge in [0.15, 0.2) is 6.61 Å². The van der Waals surface area contributed by atoms with Gasteiger partial charge in [-0.3, -0.25) is 4.79 Å². The second kappa shape index (κ2) is 7.72. The van der Waals surface area contributed by atoms with Crippen LogP contribution >= 0.6 is 27.5 Å². The Morgan fingerprint density at radius 2 is 2.26 bits per heavy atom. The number of aliphatic hydroxyl groups is 1. The third-order valence-corrected chi connectivity index (χ3v) is 3.41. The van der Waals surface area contributed by atoms with Crippen LogP contribution in [0.1, 0.15) is 13.3 Å². The van der Waals surface area contributed by atoms with Crippen molar-refractivity contribution in [1.82, 2.24) is 4.90 Å². The van der Waals surface area contributed by atoms with Crippen LogP contribution in [0.3, 0.4) is 0 Å². The highest BCUT2D eigenvalue weighted by atomic mass is 79.9. The van der Waals surface area contributed by atoms with Gasteiger partial charge in [-0.25, -0.2) is 0 Å². The molecule has 19 heavy (non-hydrogen) atoms. The average molecular weight is 351 g/mol. The van der Waals surface area contributed by atoms with Crippen molar-refractivity contribution in [2.75, 3.05) is 20.2 Å². The Balaban J connectivity index is 2.45. The quantitative estimate of drug-likeness (QED) is 0.858. The standard InChI is InChI=1S/C13H17BrClNO3/c1-9(17)5-6-16(2)13(18)8-19-12-4-3-10(15)7-11(12)14/h3-4,7,9,17H,5-6,8H2,1-2H3. The van der Waals surface area contributed by atoms with E-state index in [-0.39, 0.29) is 12.5 Å². The number of carbonyl (C=O) groups excluding carboxylic acids is 1. The van der Waals surface area contributed by atoms with Gasteiger partial charge in [-0.1, -0.05) is 11.6 Å². The van der Waals surface area contributed by atoms with Gasteiger partial charge in [-0.2, -0.15) is 0 Å². The zero-order valence-electron chi connectivity index (χ0n) is 10.9. The number of benzene rings is 1. The van der Waals surface area contributed by atoms with Crippen molar-refractivity contribution >= 4 is 33.4 Å². The summed E-state index contributed by atoms with van der Waals surface area (Å²) in [5.41, 5.74) is 0. The normalized spacial score (nSPS) is 12.1. The van der Waals surface area contributed by atoms with Crippen LogP contribution in [0.25, 0.3) is 0 Å². The summed E-state index contributed by atoms with van der Waals surface area (Å²) >= 11 is 9.13. The molecule has 0 aliphatic rings. The van der Waals surface area contributed by atoms with E-state index in [2.05, 4.69) is 15.9 Å². The molecule has 0 radical (unpaired) electrons. The Labute approximate surface area is 126 Å². The fourth-order valence-electron chi connectivity index (χ4n) is 1.35. The van der Waals surface area contributed by atoms with Crippen LogP contribution in [0.5, 0.6) is 5.75 Å². The molecule has 106 valence electrons. The Morgan fingerprint density at radius 3 is 2.84 bits per heavy atom. The number of amides is 1. The average Bonchev–Trinajstić information content (AvgIpc) is 2.34. The van der Waals surface area contributed by atoms with Crippen LogP contribution in [0.15, 0.2) is 22.7 Å². The fraction of sp³-hybridized carbons (Fsp3) is 0.462. The highest BCUT2D eigenvalue weighted by Crippen LogP contribution is 2.27. The third-order valence-electron chi connectivity index (χ3n) is 2.55. The number of rotatable bonds is 6. The lowest BCUT2D eigenvalue weighted by atomic mass is 10.3. The Hall–Kier alpha value is -0.780. The molecule has 0 spiro atoms. The van der Waals surface area contributed by atoms with Gasteiger partial charge >= 0.3 is 0 Å². The van der Waals surface area contributed by atoms with Gasteiger partial charge in [-0.15, -0.1) is 0 Å². The molecule has 1 atom stereocenters. The number of hydrogen-bond donors (Lipinski definition) is 1. The first-order valence-electron chi connectivity index (χ1n) is 5.90. The second-order valence-corrected chi connectivity index (χ2v) is 5.61. The maximum absolute atomic E-state index is 11.8. The molecule has 0 fully saturated rings. The molecule has 1 aromatic carbocycles. The first-order valence-corrected chi connectivity index (χ1v) is 7.07. The van der Waals surface area contributed by atoms with E-state index < -0.39 is 6.10 Å². The first kappa shape index (κ1) is 16.3. The molecule has 0 saturated carbocycles. The number of hydrogen-bond acceptors (Lipinski definition) is 3. The van der Waals surface area contributed by atoms with Crippen molar-refractivity contribution < 1.29 is 14.6 Å². The molecule has 0 aliphatic heterocycles. The van der Waals surface area contributed by atoms with E-state index in [1.807, 2.05) is 0 Å². The summed E-state index contributed by atoms with van der Waals surface area (Å²) in [7, 11) is 1.69. The number of ether oxygens (including phenoxy) is 1. The summed E-state index contributed by atoms with van der Waals surface area (Å²) in [6.45, 7) is 2.15. The van der Waals surface area contributed by atoms with Gasteiger partial charge in [0.25, 0.3) is 5.91 Å². The summed E-state index contributed by atoms with van der Waals surface area (Å²) in [6, 6.07) is 5.11. The molecule has 1 amide bonds. The van der Waals surface area contributed by atoms with Crippen molar-refractivity contribution in [2.24, 2.45) is 0 Å². The highest BCUT2D eigenvalue weighted by molar-refractivity contribution is 9.10. The molecule has 1 N–H and O–H groups in total. The smallest absolute Gasteiger partial charge is 0.260 e.